The quantitative estimate of drug-likeness (QED) is 0.450. The fraction of sp³-hybridized carbons (Fsp3) is 0. The molecule has 3 nitrogen and oxygen atoms in total. The number of nitrogens with zero attached hydrogens (tertiary/aromatic N) is 3. The van der Waals surface area contributed by atoms with Crippen LogP contribution in [0.15, 0.2) is 59.2 Å². The number of rotatable bonds is 1. The van der Waals surface area contributed by atoms with Gasteiger partial charge in [0.25, 0.3) is 0 Å². The molecular weight excluding hydrogens is 350 g/mol. The third-order valence-corrected chi connectivity index (χ3v) is 4.36. The molecule has 4 rings (SSSR count). The van der Waals surface area contributed by atoms with Crippen molar-refractivity contribution < 1.29 is 0 Å². The van der Waals surface area contributed by atoms with Crippen molar-refractivity contribution in [2.24, 2.45) is 0 Å². The average Bonchev–Trinajstić information content (AvgIpc) is 2.86. The molecule has 0 saturated carbocycles. The van der Waals surface area contributed by atoms with Gasteiger partial charge in [-0.3, -0.25) is 0 Å². The predicted octanol–water partition coefficient (Wildman–Crippen LogP) is 4.97. The molecule has 0 amide bonds. The summed E-state index contributed by atoms with van der Waals surface area (Å²) >= 11 is 9.93. The van der Waals surface area contributed by atoms with Crippen molar-refractivity contribution in [1.82, 2.24) is 14.6 Å². The minimum Gasteiger partial charge on any atom is -0.221 e. The smallest absolute Gasteiger partial charge is 0.165 e. The summed E-state index contributed by atoms with van der Waals surface area (Å²) in [7, 11) is 0. The third-order valence-electron chi connectivity index (χ3n) is 3.41. The monoisotopic (exact) mass is 357 g/mol. The first-order valence-electron chi connectivity index (χ1n) is 6.42. The Balaban J connectivity index is 2.07. The standard InChI is InChI=1S/C16H9BrClN3/c17-12-7-4-8-13-14(12)16-19-15(18)11(9-21(16)20-13)10-5-2-1-3-6-10/h1-9H. The zero-order valence-corrected chi connectivity index (χ0v) is 13.1. The minimum absolute atomic E-state index is 0.478. The van der Waals surface area contributed by atoms with Gasteiger partial charge in [-0.2, -0.15) is 5.10 Å². The van der Waals surface area contributed by atoms with E-state index in [2.05, 4.69) is 26.0 Å². The maximum absolute atomic E-state index is 6.38. The van der Waals surface area contributed by atoms with Crippen LogP contribution in [0.3, 0.4) is 0 Å². The SMILES string of the molecule is Clc1nc2c3c(Br)cccc3nn2cc1-c1ccccc1. The minimum atomic E-state index is 0.478. The summed E-state index contributed by atoms with van der Waals surface area (Å²) in [4.78, 5) is 4.54. The van der Waals surface area contributed by atoms with Crippen LogP contribution in [-0.4, -0.2) is 14.6 Å². The number of hydrogen-bond acceptors (Lipinski definition) is 2. The average molecular weight is 359 g/mol. The van der Waals surface area contributed by atoms with E-state index < -0.39 is 0 Å². The summed E-state index contributed by atoms with van der Waals surface area (Å²) in [5, 5.41) is 6.02. The fourth-order valence-electron chi connectivity index (χ4n) is 2.43. The predicted molar refractivity (Wildman–Crippen MR) is 88.6 cm³/mol. The van der Waals surface area contributed by atoms with Crippen molar-refractivity contribution in [2.45, 2.75) is 0 Å². The van der Waals surface area contributed by atoms with E-state index >= 15 is 0 Å². The van der Waals surface area contributed by atoms with Gasteiger partial charge in [0.15, 0.2) is 5.65 Å². The van der Waals surface area contributed by atoms with E-state index in [1.807, 2.05) is 54.7 Å². The molecule has 0 aliphatic heterocycles. The van der Waals surface area contributed by atoms with Crippen molar-refractivity contribution >= 4 is 44.1 Å². The highest BCUT2D eigenvalue weighted by atomic mass is 79.9. The molecule has 4 aromatic rings. The molecule has 2 heterocycles. The Hall–Kier alpha value is -1.91. The van der Waals surface area contributed by atoms with E-state index in [0.717, 1.165) is 32.1 Å². The van der Waals surface area contributed by atoms with E-state index in [1.54, 1.807) is 4.52 Å². The van der Waals surface area contributed by atoms with Crippen LogP contribution in [0.2, 0.25) is 5.15 Å². The van der Waals surface area contributed by atoms with Gasteiger partial charge < -0.3 is 0 Å². The Morgan fingerprint density at radius 2 is 1.81 bits per heavy atom. The lowest BCUT2D eigenvalue weighted by atomic mass is 10.1. The van der Waals surface area contributed by atoms with Gasteiger partial charge in [-0.15, -0.1) is 0 Å². The van der Waals surface area contributed by atoms with Crippen LogP contribution >= 0.6 is 27.5 Å². The summed E-state index contributed by atoms with van der Waals surface area (Å²) in [5.74, 6) is 0. The Kier molecular flexibility index (Phi) is 2.94. The van der Waals surface area contributed by atoms with Crippen LogP contribution in [0.1, 0.15) is 0 Å². The first-order chi connectivity index (χ1) is 10.2. The maximum atomic E-state index is 6.38. The van der Waals surface area contributed by atoms with Crippen molar-refractivity contribution in [2.75, 3.05) is 0 Å². The molecule has 0 fully saturated rings. The molecule has 0 bridgehead atoms. The van der Waals surface area contributed by atoms with Crippen molar-refractivity contribution in [3.63, 3.8) is 0 Å². The molecule has 21 heavy (non-hydrogen) atoms. The van der Waals surface area contributed by atoms with Gasteiger partial charge in [0.1, 0.15) is 5.15 Å². The Morgan fingerprint density at radius 3 is 2.62 bits per heavy atom. The fourth-order valence-corrected chi connectivity index (χ4v) is 3.20. The first kappa shape index (κ1) is 12.8. The highest BCUT2D eigenvalue weighted by molar-refractivity contribution is 9.10. The molecule has 0 atom stereocenters. The molecule has 0 N–H and O–H groups in total. The number of fused-ring (bicyclic) bond motifs is 3. The van der Waals surface area contributed by atoms with Crippen molar-refractivity contribution in [3.8, 4) is 11.1 Å². The van der Waals surface area contributed by atoms with E-state index in [4.69, 9.17) is 11.6 Å². The van der Waals surface area contributed by atoms with E-state index in [0.29, 0.717) is 5.15 Å². The molecule has 0 radical (unpaired) electrons. The molecule has 0 aliphatic rings. The van der Waals surface area contributed by atoms with Crippen LogP contribution in [0.25, 0.3) is 27.7 Å². The van der Waals surface area contributed by atoms with Gasteiger partial charge in [-0.05, 0) is 33.6 Å². The van der Waals surface area contributed by atoms with E-state index in [9.17, 15) is 0 Å². The molecular formula is C16H9BrClN3. The second-order valence-corrected chi connectivity index (χ2v) is 5.93. The number of halogens is 2. The lowest BCUT2D eigenvalue weighted by molar-refractivity contribution is 0.959. The molecule has 0 saturated heterocycles. The second-order valence-electron chi connectivity index (χ2n) is 4.71. The number of aromatic nitrogens is 3. The molecule has 5 heteroatoms. The van der Waals surface area contributed by atoms with E-state index in [-0.39, 0.29) is 0 Å². The van der Waals surface area contributed by atoms with Gasteiger partial charge in [0.2, 0.25) is 0 Å². The summed E-state index contributed by atoms with van der Waals surface area (Å²) in [6, 6.07) is 15.8. The van der Waals surface area contributed by atoms with Crippen LogP contribution in [0.4, 0.5) is 0 Å². The van der Waals surface area contributed by atoms with Crippen molar-refractivity contribution in [3.05, 3.63) is 64.4 Å². The number of hydrogen-bond donors (Lipinski definition) is 0. The lowest BCUT2D eigenvalue weighted by Gasteiger charge is -2.04. The van der Waals surface area contributed by atoms with Crippen LogP contribution in [0, 0.1) is 0 Å². The second kappa shape index (κ2) is 4.83. The summed E-state index contributed by atoms with van der Waals surface area (Å²) in [6.45, 7) is 0. The van der Waals surface area contributed by atoms with Crippen LogP contribution < -0.4 is 0 Å². The van der Waals surface area contributed by atoms with Crippen LogP contribution in [0.5, 0.6) is 0 Å². The Labute approximate surface area is 134 Å². The molecule has 0 spiro atoms. The van der Waals surface area contributed by atoms with Gasteiger partial charge in [0.05, 0.1) is 10.9 Å². The van der Waals surface area contributed by atoms with E-state index in [1.165, 1.54) is 0 Å². The first-order valence-corrected chi connectivity index (χ1v) is 7.59. The number of benzene rings is 2. The molecule has 0 unspecified atom stereocenters. The third kappa shape index (κ3) is 2.03. The largest absolute Gasteiger partial charge is 0.221 e. The topological polar surface area (TPSA) is 30.2 Å². The Bertz CT molecular complexity index is 964. The molecule has 2 aromatic heterocycles. The summed E-state index contributed by atoms with van der Waals surface area (Å²) < 4.78 is 2.75. The summed E-state index contributed by atoms with van der Waals surface area (Å²) in [6.07, 6.45) is 1.92. The van der Waals surface area contributed by atoms with Gasteiger partial charge in [-0.1, -0.05) is 48.0 Å². The van der Waals surface area contributed by atoms with Gasteiger partial charge >= 0.3 is 0 Å². The van der Waals surface area contributed by atoms with Crippen molar-refractivity contribution in [1.29, 1.82) is 0 Å². The summed E-state index contributed by atoms with van der Waals surface area (Å²) in [5.41, 5.74) is 3.53. The molecule has 102 valence electrons. The zero-order valence-electron chi connectivity index (χ0n) is 10.8. The lowest BCUT2D eigenvalue weighted by Crippen LogP contribution is -1.93. The van der Waals surface area contributed by atoms with Crippen LogP contribution in [-0.2, 0) is 0 Å². The normalized spacial score (nSPS) is 11.3. The van der Waals surface area contributed by atoms with Gasteiger partial charge in [0, 0.05) is 16.2 Å². The maximum Gasteiger partial charge on any atom is 0.165 e. The zero-order chi connectivity index (χ0) is 14.4. The molecule has 2 aromatic carbocycles. The van der Waals surface area contributed by atoms with Gasteiger partial charge in [-0.25, -0.2) is 9.50 Å². The highest BCUT2D eigenvalue weighted by Gasteiger charge is 2.13. The molecule has 0 aliphatic carbocycles. The Morgan fingerprint density at radius 1 is 1.00 bits per heavy atom. The highest BCUT2D eigenvalue weighted by Crippen LogP contribution is 2.31.